The predicted molar refractivity (Wildman–Crippen MR) is 84.6 cm³/mol. The molecule has 5 heteroatoms. The van der Waals surface area contributed by atoms with Crippen molar-refractivity contribution in [2.45, 2.75) is 45.7 Å². The van der Waals surface area contributed by atoms with Crippen LogP contribution < -0.4 is 9.47 Å². The summed E-state index contributed by atoms with van der Waals surface area (Å²) in [5, 5.41) is 9.35. The van der Waals surface area contributed by atoms with Gasteiger partial charge in [0.2, 0.25) is 0 Å². The number of carbonyl (C=O) groups is 1. The van der Waals surface area contributed by atoms with Crippen molar-refractivity contribution in [3.63, 3.8) is 0 Å². The van der Waals surface area contributed by atoms with Crippen molar-refractivity contribution in [1.82, 2.24) is 4.90 Å². The summed E-state index contributed by atoms with van der Waals surface area (Å²) in [6.45, 7) is 7.89. The van der Waals surface area contributed by atoms with E-state index in [-0.39, 0.29) is 6.04 Å². The average Bonchev–Trinajstić information content (AvgIpc) is 2.98. The Hall–Kier alpha value is -1.75. The second-order valence-electron chi connectivity index (χ2n) is 5.48. The van der Waals surface area contributed by atoms with Gasteiger partial charge in [-0.25, -0.2) is 0 Å². The molecule has 1 heterocycles. The molecule has 0 aliphatic carbocycles. The van der Waals surface area contributed by atoms with E-state index < -0.39 is 12.0 Å². The third-order valence-corrected chi connectivity index (χ3v) is 4.13. The van der Waals surface area contributed by atoms with Crippen LogP contribution in [0, 0.1) is 0 Å². The van der Waals surface area contributed by atoms with Gasteiger partial charge in [0.05, 0.1) is 13.2 Å². The van der Waals surface area contributed by atoms with Crippen LogP contribution in [0.3, 0.4) is 0 Å². The Morgan fingerprint density at radius 2 is 2.00 bits per heavy atom. The minimum absolute atomic E-state index is 0.0403. The second-order valence-corrected chi connectivity index (χ2v) is 5.48. The van der Waals surface area contributed by atoms with Gasteiger partial charge in [-0.1, -0.05) is 6.07 Å². The summed E-state index contributed by atoms with van der Waals surface area (Å²) in [4.78, 5) is 13.4. The van der Waals surface area contributed by atoms with E-state index in [0.29, 0.717) is 13.2 Å². The van der Waals surface area contributed by atoms with Crippen molar-refractivity contribution in [2.75, 3.05) is 19.8 Å². The average molecular weight is 307 g/mol. The van der Waals surface area contributed by atoms with Crippen LogP contribution in [0.1, 0.15) is 45.2 Å². The molecule has 0 amide bonds. The number of aliphatic carboxylic acids is 1. The van der Waals surface area contributed by atoms with E-state index in [1.807, 2.05) is 43.9 Å². The van der Waals surface area contributed by atoms with Crippen LogP contribution in [-0.4, -0.2) is 41.8 Å². The van der Waals surface area contributed by atoms with Crippen LogP contribution >= 0.6 is 0 Å². The van der Waals surface area contributed by atoms with E-state index in [2.05, 4.69) is 0 Å². The summed E-state index contributed by atoms with van der Waals surface area (Å²) in [6.07, 6.45) is 1.64. The molecule has 2 unspecified atom stereocenters. The smallest absolute Gasteiger partial charge is 0.320 e. The number of hydrogen-bond acceptors (Lipinski definition) is 4. The highest BCUT2D eigenvalue weighted by Gasteiger charge is 2.34. The van der Waals surface area contributed by atoms with Gasteiger partial charge in [-0.05, 0) is 57.9 Å². The lowest BCUT2D eigenvalue weighted by molar-refractivity contribution is -0.142. The standard InChI is InChI=1S/C17H25NO4/c1-4-21-15-9-8-13(11-16(15)22-5-2)12(3)18-10-6-7-14(18)17(19)20/h8-9,11-12,14H,4-7,10H2,1-3H3,(H,19,20). The molecular formula is C17H25NO4. The SMILES string of the molecule is CCOc1ccc(C(C)N2CCCC2C(=O)O)cc1OCC. The lowest BCUT2D eigenvalue weighted by Gasteiger charge is -2.29. The fraction of sp³-hybridized carbons (Fsp3) is 0.588. The van der Waals surface area contributed by atoms with Crippen LogP contribution in [0.25, 0.3) is 0 Å². The molecule has 22 heavy (non-hydrogen) atoms. The maximum atomic E-state index is 11.4. The van der Waals surface area contributed by atoms with Crippen LogP contribution in [0.4, 0.5) is 0 Å². The molecule has 1 aromatic carbocycles. The molecule has 0 spiro atoms. The summed E-state index contributed by atoms with van der Waals surface area (Å²) >= 11 is 0. The van der Waals surface area contributed by atoms with Crippen molar-refractivity contribution in [3.05, 3.63) is 23.8 Å². The molecule has 0 radical (unpaired) electrons. The summed E-state index contributed by atoms with van der Waals surface area (Å²) in [5.74, 6) is 0.719. The van der Waals surface area contributed by atoms with Gasteiger partial charge in [0.15, 0.2) is 11.5 Å². The quantitative estimate of drug-likeness (QED) is 0.839. The van der Waals surface area contributed by atoms with Crippen molar-refractivity contribution in [1.29, 1.82) is 0 Å². The van der Waals surface area contributed by atoms with Crippen molar-refractivity contribution < 1.29 is 19.4 Å². The van der Waals surface area contributed by atoms with Gasteiger partial charge in [-0.15, -0.1) is 0 Å². The number of rotatable bonds is 7. The predicted octanol–water partition coefficient (Wildman–Crippen LogP) is 3.09. The fourth-order valence-electron chi connectivity index (χ4n) is 3.04. The molecule has 1 aromatic rings. The summed E-state index contributed by atoms with van der Waals surface area (Å²) in [7, 11) is 0. The van der Waals surface area contributed by atoms with Crippen LogP contribution in [0.15, 0.2) is 18.2 Å². The maximum Gasteiger partial charge on any atom is 0.320 e. The van der Waals surface area contributed by atoms with Gasteiger partial charge < -0.3 is 14.6 Å². The number of ether oxygens (including phenoxy) is 2. The number of benzene rings is 1. The lowest BCUT2D eigenvalue weighted by Crippen LogP contribution is -2.37. The van der Waals surface area contributed by atoms with E-state index in [4.69, 9.17) is 9.47 Å². The fourth-order valence-corrected chi connectivity index (χ4v) is 3.04. The van der Waals surface area contributed by atoms with Crippen molar-refractivity contribution in [3.8, 4) is 11.5 Å². The topological polar surface area (TPSA) is 59.0 Å². The first-order valence-corrected chi connectivity index (χ1v) is 7.96. The minimum atomic E-state index is -0.736. The number of hydrogen-bond donors (Lipinski definition) is 1. The van der Waals surface area contributed by atoms with Crippen molar-refractivity contribution >= 4 is 5.97 Å². The Bertz CT molecular complexity index is 517. The third-order valence-electron chi connectivity index (χ3n) is 4.13. The molecule has 0 aromatic heterocycles. The number of nitrogens with zero attached hydrogens (tertiary/aromatic N) is 1. The zero-order chi connectivity index (χ0) is 16.1. The molecule has 1 saturated heterocycles. The van der Waals surface area contributed by atoms with Crippen LogP contribution in [0.5, 0.6) is 11.5 Å². The first-order valence-electron chi connectivity index (χ1n) is 7.96. The largest absolute Gasteiger partial charge is 0.490 e. The van der Waals surface area contributed by atoms with E-state index in [9.17, 15) is 9.90 Å². The zero-order valence-electron chi connectivity index (χ0n) is 13.5. The highest BCUT2D eigenvalue weighted by molar-refractivity contribution is 5.73. The Labute approximate surface area is 131 Å². The molecule has 1 aliphatic rings. The van der Waals surface area contributed by atoms with Gasteiger partial charge in [0, 0.05) is 6.04 Å². The Kier molecular flexibility index (Phi) is 5.66. The molecule has 2 rings (SSSR count). The van der Waals surface area contributed by atoms with Crippen LogP contribution in [-0.2, 0) is 4.79 Å². The van der Waals surface area contributed by atoms with E-state index in [0.717, 1.165) is 36.4 Å². The maximum absolute atomic E-state index is 11.4. The summed E-state index contributed by atoms with van der Waals surface area (Å²) in [6, 6.07) is 5.52. The highest BCUT2D eigenvalue weighted by atomic mass is 16.5. The molecule has 5 nitrogen and oxygen atoms in total. The Balaban J connectivity index is 2.23. The van der Waals surface area contributed by atoms with E-state index >= 15 is 0 Å². The normalized spacial score (nSPS) is 19.9. The second kappa shape index (κ2) is 7.49. The Morgan fingerprint density at radius 3 is 2.64 bits per heavy atom. The van der Waals surface area contributed by atoms with Crippen LogP contribution in [0.2, 0.25) is 0 Å². The number of carboxylic acid groups (broad SMARTS) is 1. The molecule has 1 fully saturated rings. The van der Waals surface area contributed by atoms with E-state index in [1.165, 1.54) is 0 Å². The zero-order valence-corrected chi connectivity index (χ0v) is 13.5. The molecule has 1 aliphatic heterocycles. The minimum Gasteiger partial charge on any atom is -0.490 e. The number of carboxylic acids is 1. The monoisotopic (exact) mass is 307 g/mol. The molecule has 0 saturated carbocycles. The van der Waals surface area contributed by atoms with Gasteiger partial charge in [0.1, 0.15) is 6.04 Å². The highest BCUT2D eigenvalue weighted by Crippen LogP contribution is 2.35. The van der Waals surface area contributed by atoms with Gasteiger partial charge >= 0.3 is 5.97 Å². The Morgan fingerprint density at radius 1 is 1.32 bits per heavy atom. The lowest BCUT2D eigenvalue weighted by atomic mass is 10.0. The van der Waals surface area contributed by atoms with Gasteiger partial charge in [0.25, 0.3) is 0 Å². The van der Waals surface area contributed by atoms with Gasteiger partial charge in [-0.2, -0.15) is 0 Å². The summed E-state index contributed by atoms with van der Waals surface area (Å²) in [5.41, 5.74) is 1.06. The molecular weight excluding hydrogens is 282 g/mol. The van der Waals surface area contributed by atoms with E-state index in [1.54, 1.807) is 0 Å². The summed E-state index contributed by atoms with van der Waals surface area (Å²) < 4.78 is 11.2. The third kappa shape index (κ3) is 3.53. The molecule has 2 atom stereocenters. The first kappa shape index (κ1) is 16.6. The first-order chi connectivity index (χ1) is 10.6. The van der Waals surface area contributed by atoms with Gasteiger partial charge in [-0.3, -0.25) is 9.69 Å². The number of likely N-dealkylation sites (tertiary alicyclic amines) is 1. The molecule has 122 valence electrons. The molecule has 1 N–H and O–H groups in total. The molecule has 0 bridgehead atoms. The van der Waals surface area contributed by atoms with Crippen molar-refractivity contribution in [2.24, 2.45) is 0 Å².